The van der Waals surface area contributed by atoms with E-state index in [-0.39, 0.29) is 5.75 Å². The Labute approximate surface area is 192 Å². The minimum absolute atomic E-state index is 0.104. The van der Waals surface area contributed by atoms with Gasteiger partial charge in [-0.25, -0.2) is 4.98 Å². The topological polar surface area (TPSA) is 48.8 Å². The van der Waals surface area contributed by atoms with Gasteiger partial charge in [-0.1, -0.05) is 29.3 Å². The van der Waals surface area contributed by atoms with E-state index in [1.165, 1.54) is 0 Å². The lowest BCUT2D eigenvalue weighted by atomic mass is 10.0. The number of ether oxygens (including phenoxy) is 1. The summed E-state index contributed by atoms with van der Waals surface area (Å²) in [6.07, 6.45) is 1.06. The Bertz CT molecular complexity index is 1080. The summed E-state index contributed by atoms with van der Waals surface area (Å²) in [5, 5.41) is 11.8. The molecule has 162 valence electrons. The fraction of sp³-hybridized carbons (Fsp3) is 0.292. The Balaban J connectivity index is 1.85. The average molecular weight is 458 g/mol. The maximum absolute atomic E-state index is 10.6. The molecule has 7 heteroatoms. The average Bonchev–Trinajstić information content (AvgIpc) is 3.24. The molecule has 2 aromatic carbocycles. The number of halogens is 2. The summed E-state index contributed by atoms with van der Waals surface area (Å²) >= 11 is 13.0. The van der Waals surface area contributed by atoms with Gasteiger partial charge in [0.1, 0.15) is 17.3 Å². The number of phenols is 1. The van der Waals surface area contributed by atoms with Gasteiger partial charge in [-0.05, 0) is 62.5 Å². The highest BCUT2D eigenvalue weighted by atomic mass is 35.5. The Kier molecular flexibility index (Phi) is 6.28. The Hall–Kier alpha value is -2.47. The SMILES string of the molecule is COc1ccc(-c2cc(-c3c(Cl)cccc3Cl)cc(N3CCC(N(C)C)C3)n2)c(O)c1. The number of hydrogen-bond donors (Lipinski definition) is 1. The van der Waals surface area contributed by atoms with Gasteiger partial charge >= 0.3 is 0 Å². The van der Waals surface area contributed by atoms with Crippen LogP contribution in [0.2, 0.25) is 10.0 Å². The number of hydrogen-bond acceptors (Lipinski definition) is 5. The first-order valence-corrected chi connectivity index (χ1v) is 10.9. The second-order valence-electron chi connectivity index (χ2n) is 7.93. The van der Waals surface area contributed by atoms with Crippen molar-refractivity contribution < 1.29 is 9.84 Å². The molecule has 0 saturated carbocycles. The number of aromatic nitrogens is 1. The van der Waals surface area contributed by atoms with Crippen LogP contribution >= 0.6 is 23.2 Å². The van der Waals surface area contributed by atoms with Gasteiger partial charge in [0.25, 0.3) is 0 Å². The molecule has 1 fully saturated rings. The van der Waals surface area contributed by atoms with Gasteiger partial charge in [0.05, 0.1) is 12.8 Å². The Morgan fingerprint density at radius 2 is 1.84 bits per heavy atom. The number of aromatic hydroxyl groups is 1. The molecule has 1 N–H and O–H groups in total. The summed E-state index contributed by atoms with van der Waals surface area (Å²) in [4.78, 5) is 9.41. The van der Waals surface area contributed by atoms with Crippen molar-refractivity contribution in [3.8, 4) is 33.9 Å². The Morgan fingerprint density at radius 1 is 1.10 bits per heavy atom. The highest BCUT2D eigenvalue weighted by molar-refractivity contribution is 6.39. The zero-order chi connectivity index (χ0) is 22.1. The third-order valence-electron chi connectivity index (χ3n) is 5.76. The molecular weight excluding hydrogens is 433 g/mol. The summed E-state index contributed by atoms with van der Waals surface area (Å²) in [7, 11) is 5.77. The van der Waals surface area contributed by atoms with Crippen molar-refractivity contribution in [3.63, 3.8) is 0 Å². The third-order valence-corrected chi connectivity index (χ3v) is 6.39. The highest BCUT2D eigenvalue weighted by Crippen LogP contribution is 2.40. The predicted octanol–water partition coefficient (Wildman–Crippen LogP) is 5.58. The van der Waals surface area contributed by atoms with Gasteiger partial charge in [-0.3, -0.25) is 0 Å². The molecule has 2 heterocycles. The standard InChI is InChI=1S/C24H25Cl2N3O2/c1-28(2)16-9-10-29(14-16)23-12-15(24-19(25)5-4-6-20(24)26)11-21(27-23)18-8-7-17(31-3)13-22(18)30/h4-8,11-13,16,30H,9-10,14H2,1-3H3. The number of pyridine rings is 1. The molecule has 31 heavy (non-hydrogen) atoms. The maximum Gasteiger partial charge on any atom is 0.129 e. The van der Waals surface area contributed by atoms with Crippen LogP contribution in [0.25, 0.3) is 22.4 Å². The molecular formula is C24H25Cl2N3O2. The first-order chi connectivity index (χ1) is 14.9. The van der Waals surface area contributed by atoms with Crippen LogP contribution < -0.4 is 9.64 Å². The van der Waals surface area contributed by atoms with E-state index in [9.17, 15) is 5.11 Å². The van der Waals surface area contributed by atoms with Crippen LogP contribution in [-0.2, 0) is 0 Å². The molecule has 1 aliphatic rings. The lowest BCUT2D eigenvalue weighted by molar-refractivity contribution is 0.315. The van der Waals surface area contributed by atoms with Crippen molar-refractivity contribution in [3.05, 3.63) is 58.6 Å². The van der Waals surface area contributed by atoms with Gasteiger partial charge in [0, 0.05) is 46.4 Å². The van der Waals surface area contributed by atoms with E-state index < -0.39 is 0 Å². The van der Waals surface area contributed by atoms with Crippen LogP contribution in [0, 0.1) is 0 Å². The molecule has 1 unspecified atom stereocenters. The van der Waals surface area contributed by atoms with E-state index in [2.05, 4.69) is 23.9 Å². The lowest BCUT2D eigenvalue weighted by Gasteiger charge is -2.22. The van der Waals surface area contributed by atoms with Crippen LogP contribution in [0.5, 0.6) is 11.5 Å². The quantitative estimate of drug-likeness (QED) is 0.541. The summed E-state index contributed by atoms with van der Waals surface area (Å²) in [6.45, 7) is 1.79. The monoisotopic (exact) mass is 457 g/mol. The van der Waals surface area contributed by atoms with E-state index >= 15 is 0 Å². The second-order valence-corrected chi connectivity index (χ2v) is 8.75. The molecule has 1 aromatic heterocycles. The number of phenolic OH excluding ortho intramolecular Hbond substituents is 1. The molecule has 0 radical (unpaired) electrons. The molecule has 1 saturated heterocycles. The number of anilines is 1. The van der Waals surface area contributed by atoms with Crippen molar-refractivity contribution in [1.29, 1.82) is 0 Å². The zero-order valence-electron chi connectivity index (χ0n) is 17.8. The third kappa shape index (κ3) is 4.45. The molecule has 4 rings (SSSR count). The fourth-order valence-corrected chi connectivity index (χ4v) is 4.58. The summed E-state index contributed by atoms with van der Waals surface area (Å²) < 4.78 is 5.22. The molecule has 0 spiro atoms. The maximum atomic E-state index is 10.6. The minimum atomic E-state index is 0.104. The van der Waals surface area contributed by atoms with Gasteiger partial charge in [0.15, 0.2) is 0 Å². The van der Waals surface area contributed by atoms with Crippen LogP contribution in [0.3, 0.4) is 0 Å². The van der Waals surface area contributed by atoms with Crippen LogP contribution in [0.15, 0.2) is 48.5 Å². The van der Waals surface area contributed by atoms with Gasteiger partial charge < -0.3 is 19.6 Å². The smallest absolute Gasteiger partial charge is 0.129 e. The van der Waals surface area contributed by atoms with Crippen molar-refractivity contribution in [2.45, 2.75) is 12.5 Å². The van der Waals surface area contributed by atoms with Crippen LogP contribution in [-0.4, -0.2) is 55.3 Å². The van der Waals surface area contributed by atoms with E-state index in [1.54, 1.807) is 13.2 Å². The largest absolute Gasteiger partial charge is 0.507 e. The van der Waals surface area contributed by atoms with E-state index in [1.807, 2.05) is 42.5 Å². The zero-order valence-corrected chi connectivity index (χ0v) is 19.3. The number of methoxy groups -OCH3 is 1. The first-order valence-electron chi connectivity index (χ1n) is 10.1. The van der Waals surface area contributed by atoms with Crippen molar-refractivity contribution in [1.82, 2.24) is 9.88 Å². The van der Waals surface area contributed by atoms with Crippen LogP contribution in [0.1, 0.15) is 6.42 Å². The molecule has 1 aliphatic heterocycles. The molecule has 0 aliphatic carbocycles. The van der Waals surface area contributed by atoms with Crippen molar-refractivity contribution in [2.75, 3.05) is 39.2 Å². The highest BCUT2D eigenvalue weighted by Gasteiger charge is 2.26. The fourth-order valence-electron chi connectivity index (χ4n) is 3.96. The van der Waals surface area contributed by atoms with Gasteiger partial charge in [-0.2, -0.15) is 0 Å². The van der Waals surface area contributed by atoms with Crippen LogP contribution in [0.4, 0.5) is 5.82 Å². The summed E-state index contributed by atoms with van der Waals surface area (Å²) in [5.41, 5.74) is 2.89. The minimum Gasteiger partial charge on any atom is -0.507 e. The number of nitrogens with zero attached hydrogens (tertiary/aromatic N) is 3. The lowest BCUT2D eigenvalue weighted by Crippen LogP contribution is -2.31. The number of rotatable bonds is 5. The Morgan fingerprint density at radius 3 is 2.45 bits per heavy atom. The van der Waals surface area contributed by atoms with Crippen molar-refractivity contribution >= 4 is 29.0 Å². The van der Waals surface area contributed by atoms with E-state index in [0.29, 0.717) is 33.1 Å². The predicted molar refractivity (Wildman–Crippen MR) is 128 cm³/mol. The second kappa shape index (κ2) is 8.95. The number of benzene rings is 2. The first kappa shape index (κ1) is 21.8. The van der Waals surface area contributed by atoms with Gasteiger partial charge in [-0.15, -0.1) is 0 Å². The van der Waals surface area contributed by atoms with E-state index in [4.69, 9.17) is 32.9 Å². The normalized spacial score (nSPS) is 16.2. The van der Waals surface area contributed by atoms with Crippen molar-refractivity contribution in [2.24, 2.45) is 0 Å². The molecule has 3 aromatic rings. The summed E-state index contributed by atoms with van der Waals surface area (Å²) in [5.74, 6) is 1.52. The molecule has 0 bridgehead atoms. The van der Waals surface area contributed by atoms with Gasteiger partial charge in [0.2, 0.25) is 0 Å². The molecule has 1 atom stereocenters. The van der Waals surface area contributed by atoms with E-state index in [0.717, 1.165) is 36.5 Å². The molecule has 0 amide bonds. The summed E-state index contributed by atoms with van der Waals surface area (Å²) in [6, 6.07) is 15.1. The molecule has 5 nitrogen and oxygen atoms in total. The number of likely N-dealkylation sites (N-methyl/N-ethyl adjacent to an activating group) is 1.